The second kappa shape index (κ2) is 12.0. The van der Waals surface area contributed by atoms with Crippen molar-refractivity contribution in [3.63, 3.8) is 0 Å². The molecule has 11 heteroatoms. The molecule has 0 saturated carbocycles. The van der Waals surface area contributed by atoms with Crippen LogP contribution in [0.3, 0.4) is 0 Å². The Bertz CT molecular complexity index is 1750. The lowest BCUT2D eigenvalue weighted by Gasteiger charge is -2.32. The number of rotatable bonds is 8. The molecule has 1 saturated heterocycles. The van der Waals surface area contributed by atoms with Crippen molar-refractivity contribution in [2.24, 2.45) is 5.73 Å². The third-order valence-electron chi connectivity index (χ3n) is 9.09. The van der Waals surface area contributed by atoms with Gasteiger partial charge in [-0.2, -0.15) is 0 Å². The molecule has 236 valence electrons. The molecule has 46 heavy (non-hydrogen) atoms. The maximum absolute atomic E-state index is 15.4. The lowest BCUT2D eigenvalue weighted by Crippen LogP contribution is -2.41. The number of benzene rings is 3. The van der Waals surface area contributed by atoms with E-state index >= 15 is 8.78 Å². The molecule has 1 fully saturated rings. The number of amides is 2. The summed E-state index contributed by atoms with van der Waals surface area (Å²) in [5, 5.41) is 0. The van der Waals surface area contributed by atoms with E-state index < -0.39 is 42.0 Å². The highest BCUT2D eigenvalue weighted by atomic mass is 19.2. The fourth-order valence-electron chi connectivity index (χ4n) is 5.84. The zero-order valence-electron chi connectivity index (χ0n) is 26.1. The number of anilines is 1. The average molecular weight is 625 g/mol. The van der Waals surface area contributed by atoms with Gasteiger partial charge in [-0.3, -0.25) is 14.7 Å². The number of aromatic nitrogens is 1. The molecule has 0 radical (unpaired) electrons. The Hall–Kier alpha value is -4.61. The van der Waals surface area contributed by atoms with Gasteiger partial charge in [0.15, 0.2) is 11.6 Å². The largest absolute Gasteiger partial charge is 0.497 e. The standard InChI is InChI=1S/C35H34BF2N3O5/c1-34(2)35(3,4)46-36(45-34)28-15-14-26(31(37)32(28)38)29-16-13-21(19-40-29)41(18-17-30(39)42)33(43)44-20-27-24-11-7-5-9-22(24)23-10-6-8-12-25(23)27/h5-16,19,27H,17-18,20H2,1-4H3,(H2,39,42). The van der Waals surface area contributed by atoms with E-state index in [0.717, 1.165) is 22.3 Å². The number of pyridine rings is 1. The zero-order valence-corrected chi connectivity index (χ0v) is 26.1. The first kappa shape index (κ1) is 31.4. The number of primary amides is 1. The Labute approximate surface area is 266 Å². The summed E-state index contributed by atoms with van der Waals surface area (Å²) in [6.45, 7) is 7.34. The topological polar surface area (TPSA) is 104 Å². The predicted octanol–water partition coefficient (Wildman–Crippen LogP) is 5.96. The summed E-state index contributed by atoms with van der Waals surface area (Å²) in [7, 11) is -1.07. The van der Waals surface area contributed by atoms with Gasteiger partial charge in [0.05, 0.1) is 28.8 Å². The summed E-state index contributed by atoms with van der Waals surface area (Å²) in [6, 6.07) is 21.8. The van der Waals surface area contributed by atoms with Crippen molar-refractivity contribution in [1.29, 1.82) is 0 Å². The Morgan fingerprint density at radius 1 is 0.870 bits per heavy atom. The second-order valence-electron chi connectivity index (χ2n) is 12.5. The smallest absolute Gasteiger partial charge is 0.448 e. The van der Waals surface area contributed by atoms with Crippen LogP contribution in [0.2, 0.25) is 0 Å². The van der Waals surface area contributed by atoms with Gasteiger partial charge in [0, 0.05) is 29.9 Å². The molecule has 4 aromatic rings. The second-order valence-corrected chi connectivity index (χ2v) is 12.5. The van der Waals surface area contributed by atoms with Crippen molar-refractivity contribution in [1.82, 2.24) is 4.98 Å². The molecule has 2 amide bonds. The normalized spacial score (nSPS) is 16.2. The van der Waals surface area contributed by atoms with Crippen LogP contribution in [0.25, 0.3) is 22.4 Å². The van der Waals surface area contributed by atoms with E-state index in [1.54, 1.807) is 0 Å². The number of carbonyl (C=O) groups is 2. The highest BCUT2D eigenvalue weighted by Crippen LogP contribution is 2.44. The van der Waals surface area contributed by atoms with Gasteiger partial charge in [-0.05, 0) is 68.1 Å². The molecule has 1 aliphatic carbocycles. The van der Waals surface area contributed by atoms with Crippen molar-refractivity contribution in [3.8, 4) is 22.4 Å². The molecule has 3 aromatic carbocycles. The number of fused-ring (bicyclic) bond motifs is 3. The van der Waals surface area contributed by atoms with Crippen molar-refractivity contribution < 1.29 is 32.4 Å². The van der Waals surface area contributed by atoms with E-state index in [-0.39, 0.29) is 42.2 Å². The molecule has 0 unspecified atom stereocenters. The Kier molecular flexibility index (Phi) is 8.16. The number of ether oxygens (including phenoxy) is 1. The van der Waals surface area contributed by atoms with Crippen molar-refractivity contribution in [2.45, 2.75) is 51.2 Å². The van der Waals surface area contributed by atoms with Crippen LogP contribution in [0.15, 0.2) is 79.0 Å². The lowest BCUT2D eigenvalue weighted by molar-refractivity contribution is -0.117. The van der Waals surface area contributed by atoms with Gasteiger partial charge < -0.3 is 19.8 Å². The minimum atomic E-state index is -1.10. The van der Waals surface area contributed by atoms with Gasteiger partial charge in [-0.1, -0.05) is 54.6 Å². The van der Waals surface area contributed by atoms with Crippen LogP contribution >= 0.6 is 0 Å². The molecule has 8 nitrogen and oxygen atoms in total. The molecule has 0 bridgehead atoms. The predicted molar refractivity (Wildman–Crippen MR) is 172 cm³/mol. The summed E-state index contributed by atoms with van der Waals surface area (Å²) >= 11 is 0. The van der Waals surface area contributed by atoms with E-state index in [0.29, 0.717) is 5.69 Å². The lowest BCUT2D eigenvalue weighted by atomic mass is 9.78. The molecular formula is C35H34BF2N3O5. The maximum Gasteiger partial charge on any atom is 0.497 e. The van der Waals surface area contributed by atoms with Gasteiger partial charge in [-0.15, -0.1) is 0 Å². The van der Waals surface area contributed by atoms with E-state index in [9.17, 15) is 9.59 Å². The minimum Gasteiger partial charge on any atom is -0.448 e. The monoisotopic (exact) mass is 625 g/mol. The number of carbonyl (C=O) groups excluding carboxylic acids is 2. The summed E-state index contributed by atoms with van der Waals surface area (Å²) in [5.74, 6) is -2.95. The van der Waals surface area contributed by atoms with Crippen molar-refractivity contribution in [2.75, 3.05) is 18.1 Å². The van der Waals surface area contributed by atoms with Crippen LogP contribution in [0.5, 0.6) is 0 Å². The van der Waals surface area contributed by atoms with Gasteiger partial charge in [0.25, 0.3) is 0 Å². The SMILES string of the molecule is CC1(C)OB(c2ccc(-c3ccc(N(CCC(N)=O)C(=O)OCC4c5ccccc5-c5ccccc54)cn3)c(F)c2F)OC1(C)C. The summed E-state index contributed by atoms with van der Waals surface area (Å²) in [5.41, 5.74) is 8.58. The zero-order chi connectivity index (χ0) is 32.8. The number of halogens is 2. The first-order chi connectivity index (χ1) is 21.9. The van der Waals surface area contributed by atoms with E-state index in [2.05, 4.69) is 4.98 Å². The molecule has 1 aromatic heterocycles. The highest BCUT2D eigenvalue weighted by molar-refractivity contribution is 6.62. The molecule has 2 aliphatic rings. The molecule has 0 spiro atoms. The van der Waals surface area contributed by atoms with Crippen LogP contribution < -0.4 is 16.1 Å². The van der Waals surface area contributed by atoms with Crippen LogP contribution in [0.4, 0.5) is 19.3 Å². The average Bonchev–Trinajstić information content (AvgIpc) is 3.46. The van der Waals surface area contributed by atoms with Crippen LogP contribution in [-0.4, -0.2) is 48.5 Å². The Balaban J connectivity index is 1.21. The third-order valence-corrected chi connectivity index (χ3v) is 9.09. The maximum atomic E-state index is 15.4. The minimum absolute atomic E-state index is 0.0515. The van der Waals surface area contributed by atoms with Crippen molar-refractivity contribution >= 4 is 30.3 Å². The number of nitrogens with zero attached hydrogens (tertiary/aromatic N) is 2. The van der Waals surface area contributed by atoms with Gasteiger partial charge in [0.1, 0.15) is 6.61 Å². The molecule has 0 atom stereocenters. The number of hydrogen-bond donors (Lipinski definition) is 1. The molecule has 6 rings (SSSR count). The van der Waals surface area contributed by atoms with Gasteiger partial charge in [0.2, 0.25) is 5.91 Å². The van der Waals surface area contributed by atoms with Crippen LogP contribution in [-0.2, 0) is 18.8 Å². The van der Waals surface area contributed by atoms with Crippen LogP contribution in [0.1, 0.15) is 51.2 Å². The Morgan fingerprint density at radius 2 is 1.48 bits per heavy atom. The molecule has 1 aliphatic heterocycles. The third kappa shape index (κ3) is 5.65. The first-order valence-corrected chi connectivity index (χ1v) is 15.1. The van der Waals surface area contributed by atoms with Crippen LogP contribution in [0, 0.1) is 11.6 Å². The fraction of sp³-hybridized carbons (Fsp3) is 0.286. The van der Waals surface area contributed by atoms with Gasteiger partial charge >= 0.3 is 13.2 Å². The van der Waals surface area contributed by atoms with Crippen molar-refractivity contribution in [3.05, 3.63) is 102 Å². The number of hydrogen-bond acceptors (Lipinski definition) is 6. The highest BCUT2D eigenvalue weighted by Gasteiger charge is 2.52. The van der Waals surface area contributed by atoms with E-state index in [1.807, 2.05) is 76.2 Å². The molecule has 2 heterocycles. The molecule has 2 N–H and O–H groups in total. The van der Waals surface area contributed by atoms with E-state index in [1.165, 1.54) is 35.4 Å². The van der Waals surface area contributed by atoms with Gasteiger partial charge in [-0.25, -0.2) is 13.6 Å². The fourth-order valence-corrected chi connectivity index (χ4v) is 5.84. The summed E-state index contributed by atoms with van der Waals surface area (Å²) in [6.07, 6.45) is 0.533. The quantitative estimate of drug-likeness (QED) is 0.243. The Morgan fingerprint density at radius 3 is 2.04 bits per heavy atom. The molecular weight excluding hydrogens is 591 g/mol. The summed E-state index contributed by atoms with van der Waals surface area (Å²) < 4.78 is 48.3. The van der Waals surface area contributed by atoms with E-state index in [4.69, 9.17) is 19.8 Å². The summed E-state index contributed by atoms with van der Waals surface area (Å²) in [4.78, 5) is 30.6. The first-order valence-electron chi connectivity index (χ1n) is 15.1. The number of nitrogens with two attached hydrogens (primary N) is 1.